The smallest absolute Gasteiger partial charge is 0.258 e. The van der Waals surface area contributed by atoms with E-state index in [1.54, 1.807) is 24.0 Å². The van der Waals surface area contributed by atoms with Crippen molar-refractivity contribution in [2.24, 2.45) is 0 Å². The van der Waals surface area contributed by atoms with Crippen molar-refractivity contribution >= 4 is 44.2 Å². The topological polar surface area (TPSA) is 73.8 Å². The first kappa shape index (κ1) is 12.4. The van der Waals surface area contributed by atoms with Crippen molar-refractivity contribution in [1.82, 2.24) is 14.8 Å². The van der Waals surface area contributed by atoms with Crippen molar-refractivity contribution in [2.75, 3.05) is 0 Å². The lowest BCUT2D eigenvalue weighted by molar-refractivity contribution is -0.385. The first-order valence-corrected chi connectivity index (χ1v) is 6.38. The van der Waals surface area contributed by atoms with Crippen molar-refractivity contribution < 1.29 is 4.92 Å². The normalized spacial score (nSPS) is 10.5. The van der Waals surface area contributed by atoms with Crippen molar-refractivity contribution in [1.29, 1.82) is 0 Å². The van der Waals surface area contributed by atoms with Crippen LogP contribution in [0.15, 0.2) is 23.1 Å². The van der Waals surface area contributed by atoms with Crippen LogP contribution in [-0.2, 0) is 0 Å². The van der Waals surface area contributed by atoms with E-state index in [1.807, 2.05) is 0 Å². The molecule has 0 unspecified atom stereocenters. The van der Waals surface area contributed by atoms with Gasteiger partial charge in [-0.1, -0.05) is 0 Å². The highest BCUT2D eigenvalue weighted by atomic mass is 127. The van der Waals surface area contributed by atoms with Crippen LogP contribution in [-0.4, -0.2) is 19.7 Å². The minimum atomic E-state index is -0.455. The summed E-state index contributed by atoms with van der Waals surface area (Å²) in [7, 11) is 0. The molecule has 0 spiro atoms. The number of hydrogen-bond acceptors (Lipinski definition) is 4. The van der Waals surface area contributed by atoms with Crippen LogP contribution in [0.2, 0.25) is 0 Å². The summed E-state index contributed by atoms with van der Waals surface area (Å²) >= 11 is 5.45. The number of nitro groups is 1. The summed E-state index contributed by atoms with van der Waals surface area (Å²) < 4.78 is 3.11. The molecule has 6 nitrogen and oxygen atoms in total. The van der Waals surface area contributed by atoms with E-state index >= 15 is 0 Å². The third kappa shape index (κ3) is 2.32. The molecule has 2 rings (SSSR count). The highest BCUT2D eigenvalue weighted by Gasteiger charge is 2.18. The van der Waals surface area contributed by atoms with Gasteiger partial charge in [-0.15, -0.1) is 0 Å². The fourth-order valence-electron chi connectivity index (χ4n) is 1.32. The molecule has 2 aromatic rings. The molecule has 0 amide bonds. The lowest BCUT2D eigenvalue weighted by Gasteiger charge is -2.06. The van der Waals surface area contributed by atoms with Gasteiger partial charge in [-0.05, 0) is 45.4 Å². The van der Waals surface area contributed by atoms with Crippen LogP contribution in [0.4, 0.5) is 5.69 Å². The molecule has 0 aliphatic carbocycles. The maximum atomic E-state index is 10.7. The molecule has 0 aliphatic rings. The van der Waals surface area contributed by atoms with Crippen LogP contribution in [0.3, 0.4) is 0 Å². The molecule has 0 saturated heterocycles. The lowest BCUT2D eigenvalue weighted by Crippen LogP contribution is -2.03. The van der Waals surface area contributed by atoms with Crippen LogP contribution in [0.1, 0.15) is 5.56 Å². The quantitative estimate of drug-likeness (QED) is 0.435. The van der Waals surface area contributed by atoms with Gasteiger partial charge in [-0.3, -0.25) is 10.1 Å². The fourth-order valence-corrected chi connectivity index (χ4v) is 2.19. The second-order valence-corrected chi connectivity index (χ2v) is 5.30. The molecule has 17 heavy (non-hydrogen) atoms. The first-order chi connectivity index (χ1) is 8.00. The molecule has 0 saturated carbocycles. The van der Waals surface area contributed by atoms with Gasteiger partial charge >= 0.3 is 0 Å². The molecule has 88 valence electrons. The summed E-state index contributed by atoms with van der Waals surface area (Å²) in [6.07, 6.45) is 4.72. The average Bonchev–Trinajstić information content (AvgIpc) is 2.68. The first-order valence-electron chi connectivity index (χ1n) is 4.50. The monoisotopic (exact) mass is 408 g/mol. The summed E-state index contributed by atoms with van der Waals surface area (Å²) in [5.74, 6) is 0.538. The zero-order chi connectivity index (χ0) is 12.6. The molecule has 0 fully saturated rings. The van der Waals surface area contributed by atoms with Crippen LogP contribution in [0.25, 0.3) is 5.82 Å². The van der Waals surface area contributed by atoms with E-state index in [2.05, 4.69) is 48.6 Å². The Kier molecular flexibility index (Phi) is 3.43. The minimum Gasteiger partial charge on any atom is -0.258 e. The Balaban J connectivity index is 2.58. The van der Waals surface area contributed by atoms with Gasteiger partial charge in [0.25, 0.3) is 5.69 Å². The summed E-state index contributed by atoms with van der Waals surface area (Å²) in [5.41, 5.74) is 0.521. The van der Waals surface area contributed by atoms with Gasteiger partial charge in [0, 0.05) is 11.8 Å². The van der Waals surface area contributed by atoms with Crippen LogP contribution in [0.5, 0.6) is 0 Å². The highest BCUT2D eigenvalue weighted by molar-refractivity contribution is 14.1. The third-order valence-corrected chi connectivity index (χ3v) is 3.69. The van der Waals surface area contributed by atoms with E-state index in [0.29, 0.717) is 15.9 Å². The van der Waals surface area contributed by atoms with Crippen LogP contribution >= 0.6 is 38.5 Å². The zero-order valence-corrected chi connectivity index (χ0v) is 12.3. The number of hydrogen-bond donors (Lipinski definition) is 0. The summed E-state index contributed by atoms with van der Waals surface area (Å²) in [5, 5.41) is 14.9. The van der Waals surface area contributed by atoms with Gasteiger partial charge < -0.3 is 0 Å². The van der Waals surface area contributed by atoms with E-state index in [9.17, 15) is 10.1 Å². The minimum absolute atomic E-state index is 0.0116. The Hall–Kier alpha value is -1.03. The van der Waals surface area contributed by atoms with E-state index in [4.69, 9.17) is 0 Å². The SMILES string of the molecule is Cc1c([N+](=O)[O-])cnc(-n2cc(I)cn2)c1Br. The van der Waals surface area contributed by atoms with E-state index in [0.717, 1.165) is 3.57 Å². The average molecular weight is 409 g/mol. The molecule has 0 aliphatic heterocycles. The molecule has 0 atom stereocenters. The lowest BCUT2D eigenvalue weighted by atomic mass is 10.2. The number of aromatic nitrogens is 3. The second-order valence-electron chi connectivity index (χ2n) is 3.27. The van der Waals surface area contributed by atoms with Gasteiger partial charge in [0.15, 0.2) is 5.82 Å². The van der Waals surface area contributed by atoms with Crippen molar-refractivity contribution in [2.45, 2.75) is 6.92 Å². The molecule has 0 bridgehead atoms. The van der Waals surface area contributed by atoms with Crippen LogP contribution in [0, 0.1) is 20.6 Å². The Labute approximate surface area is 118 Å². The van der Waals surface area contributed by atoms with Crippen LogP contribution < -0.4 is 0 Å². The molecule has 2 aromatic heterocycles. The molecule has 8 heteroatoms. The molecule has 0 N–H and O–H groups in total. The molecule has 0 aromatic carbocycles. The summed E-state index contributed by atoms with van der Waals surface area (Å²) in [6, 6.07) is 0. The van der Waals surface area contributed by atoms with Crippen molar-refractivity contribution in [3.05, 3.63) is 42.3 Å². The van der Waals surface area contributed by atoms with E-state index < -0.39 is 4.92 Å². The zero-order valence-electron chi connectivity index (χ0n) is 8.59. The van der Waals surface area contributed by atoms with E-state index in [1.165, 1.54) is 6.20 Å². The van der Waals surface area contributed by atoms with Crippen molar-refractivity contribution in [3.63, 3.8) is 0 Å². The summed E-state index contributed by atoms with van der Waals surface area (Å²) in [4.78, 5) is 14.3. The predicted molar refractivity (Wildman–Crippen MR) is 73.2 cm³/mol. The molecule has 2 heterocycles. The Morgan fingerprint density at radius 1 is 1.53 bits per heavy atom. The predicted octanol–water partition coefficient (Wildman–Crippen LogP) is 2.85. The Morgan fingerprint density at radius 2 is 2.24 bits per heavy atom. The largest absolute Gasteiger partial charge is 0.291 e. The highest BCUT2D eigenvalue weighted by Crippen LogP contribution is 2.29. The van der Waals surface area contributed by atoms with Crippen molar-refractivity contribution in [3.8, 4) is 5.82 Å². The number of nitrogens with zero attached hydrogens (tertiary/aromatic N) is 4. The number of halogens is 2. The number of pyridine rings is 1. The summed E-state index contributed by atoms with van der Waals surface area (Å²) in [6.45, 7) is 1.67. The number of rotatable bonds is 2. The molecular weight excluding hydrogens is 403 g/mol. The van der Waals surface area contributed by atoms with Gasteiger partial charge in [0.05, 0.1) is 19.2 Å². The second kappa shape index (κ2) is 4.69. The van der Waals surface area contributed by atoms with Gasteiger partial charge in [-0.25, -0.2) is 9.67 Å². The standard InChI is InChI=1S/C9H6BrIN4O2/c1-5-7(15(16)17)3-12-9(8(5)10)14-4-6(11)2-13-14/h2-4H,1H3. The molecular formula is C9H6BrIN4O2. The maximum absolute atomic E-state index is 10.7. The Morgan fingerprint density at radius 3 is 2.76 bits per heavy atom. The molecule has 0 radical (unpaired) electrons. The maximum Gasteiger partial charge on any atom is 0.291 e. The third-order valence-electron chi connectivity index (χ3n) is 2.18. The van der Waals surface area contributed by atoms with Gasteiger partial charge in [0.1, 0.15) is 6.20 Å². The Bertz CT molecular complexity index is 599. The van der Waals surface area contributed by atoms with Gasteiger partial charge in [0.2, 0.25) is 0 Å². The fraction of sp³-hybridized carbons (Fsp3) is 0.111. The van der Waals surface area contributed by atoms with Gasteiger partial charge in [-0.2, -0.15) is 5.10 Å². The van der Waals surface area contributed by atoms with E-state index in [-0.39, 0.29) is 5.69 Å².